The molecule has 0 aliphatic heterocycles. The summed E-state index contributed by atoms with van der Waals surface area (Å²) in [6.07, 6.45) is 1.60. The van der Waals surface area contributed by atoms with Crippen molar-refractivity contribution in [2.45, 2.75) is 46.2 Å². The first kappa shape index (κ1) is 17.6. The summed E-state index contributed by atoms with van der Waals surface area (Å²) in [6.45, 7) is 7.21. The van der Waals surface area contributed by atoms with Crippen LogP contribution >= 0.6 is 0 Å². The number of esters is 1. The Morgan fingerprint density at radius 3 is 2.67 bits per heavy atom. The van der Waals surface area contributed by atoms with Crippen LogP contribution in [0.2, 0.25) is 0 Å². The maximum absolute atomic E-state index is 12.7. The van der Waals surface area contributed by atoms with Crippen molar-refractivity contribution in [3.63, 3.8) is 0 Å². The normalized spacial score (nSPS) is 12.4. The molecule has 2 heterocycles. The van der Waals surface area contributed by atoms with Gasteiger partial charge in [0.15, 0.2) is 0 Å². The summed E-state index contributed by atoms with van der Waals surface area (Å²) >= 11 is 0. The monoisotopic (exact) mass is 336 g/mol. The van der Waals surface area contributed by atoms with Crippen LogP contribution in [0.15, 0.2) is 15.6 Å². The molecule has 1 atom stereocenters. The van der Waals surface area contributed by atoms with Crippen LogP contribution in [0.1, 0.15) is 50.6 Å². The highest BCUT2D eigenvalue weighted by molar-refractivity contribution is 5.99. The van der Waals surface area contributed by atoms with Crippen molar-refractivity contribution in [1.82, 2.24) is 20.0 Å². The number of hydrogen-bond donors (Lipinski definition) is 1. The highest BCUT2D eigenvalue weighted by atomic mass is 16.5. The van der Waals surface area contributed by atoms with E-state index >= 15 is 0 Å². The van der Waals surface area contributed by atoms with Crippen molar-refractivity contribution >= 4 is 23.0 Å². The predicted molar refractivity (Wildman–Crippen MR) is 84.6 cm³/mol. The van der Waals surface area contributed by atoms with E-state index in [2.05, 4.69) is 15.5 Å². The number of nitrogens with zero attached hydrogens (tertiary/aromatic N) is 3. The molecule has 0 aliphatic rings. The van der Waals surface area contributed by atoms with Crippen LogP contribution in [0, 0.1) is 0 Å². The van der Waals surface area contributed by atoms with Crippen LogP contribution in [-0.4, -0.2) is 39.2 Å². The van der Waals surface area contributed by atoms with Gasteiger partial charge in [-0.25, -0.2) is 9.78 Å². The molecule has 24 heavy (non-hydrogen) atoms. The Morgan fingerprint density at radius 1 is 1.38 bits per heavy atom. The van der Waals surface area contributed by atoms with Gasteiger partial charge in [0.2, 0.25) is 11.6 Å². The molecule has 9 heteroatoms. The molecule has 0 radical (unpaired) electrons. The van der Waals surface area contributed by atoms with E-state index in [1.807, 2.05) is 13.8 Å². The fraction of sp³-hybridized carbons (Fsp3) is 0.533. The van der Waals surface area contributed by atoms with Crippen LogP contribution in [0.5, 0.6) is 0 Å². The van der Waals surface area contributed by atoms with Crippen LogP contribution in [0.25, 0.3) is 11.1 Å². The second-order valence-corrected chi connectivity index (χ2v) is 5.48. The largest absolute Gasteiger partial charge is 0.461 e. The molecule has 0 unspecified atom stereocenters. The SMILES string of the molecule is CCOC(=O)c1noc2ncn([C@@H](CC)C(=O)NC(C)C)c(=O)c12. The molecule has 2 aromatic rings. The van der Waals surface area contributed by atoms with Gasteiger partial charge in [0.1, 0.15) is 17.8 Å². The van der Waals surface area contributed by atoms with E-state index < -0.39 is 17.6 Å². The number of ether oxygens (including phenoxy) is 1. The second-order valence-electron chi connectivity index (χ2n) is 5.48. The topological polar surface area (TPSA) is 116 Å². The lowest BCUT2D eigenvalue weighted by Crippen LogP contribution is -2.40. The molecule has 0 aromatic carbocycles. The highest BCUT2D eigenvalue weighted by Crippen LogP contribution is 2.16. The summed E-state index contributed by atoms with van der Waals surface area (Å²) < 4.78 is 11.0. The number of carbonyl (C=O) groups is 2. The number of nitrogens with one attached hydrogen (secondary N) is 1. The molecule has 9 nitrogen and oxygen atoms in total. The molecule has 0 bridgehead atoms. The van der Waals surface area contributed by atoms with Gasteiger partial charge < -0.3 is 14.6 Å². The molecule has 2 aromatic heterocycles. The van der Waals surface area contributed by atoms with E-state index in [4.69, 9.17) is 9.26 Å². The molecule has 1 N–H and O–H groups in total. The first-order valence-corrected chi connectivity index (χ1v) is 7.74. The Bertz CT molecular complexity index is 808. The molecular formula is C15H20N4O5. The van der Waals surface area contributed by atoms with E-state index in [0.29, 0.717) is 6.42 Å². The fourth-order valence-corrected chi connectivity index (χ4v) is 2.31. The number of rotatable bonds is 6. The number of aromatic nitrogens is 3. The van der Waals surface area contributed by atoms with Gasteiger partial charge in [-0.2, -0.15) is 0 Å². The molecule has 0 saturated carbocycles. The molecule has 0 saturated heterocycles. The van der Waals surface area contributed by atoms with Crippen LogP contribution < -0.4 is 10.9 Å². The maximum atomic E-state index is 12.7. The Hall–Kier alpha value is -2.71. The summed E-state index contributed by atoms with van der Waals surface area (Å²) in [7, 11) is 0. The maximum Gasteiger partial charge on any atom is 0.361 e. The van der Waals surface area contributed by atoms with Crippen LogP contribution in [-0.2, 0) is 9.53 Å². The Balaban J connectivity index is 2.54. The zero-order valence-electron chi connectivity index (χ0n) is 14.0. The van der Waals surface area contributed by atoms with E-state index in [1.54, 1.807) is 13.8 Å². The average Bonchev–Trinajstić information content (AvgIpc) is 2.94. The van der Waals surface area contributed by atoms with Gasteiger partial charge in [-0.1, -0.05) is 12.1 Å². The third-order valence-electron chi connectivity index (χ3n) is 3.35. The van der Waals surface area contributed by atoms with Gasteiger partial charge in [0.05, 0.1) is 6.61 Å². The quantitative estimate of drug-likeness (QED) is 0.783. The van der Waals surface area contributed by atoms with Gasteiger partial charge in [-0.15, -0.1) is 0 Å². The van der Waals surface area contributed by atoms with Crippen molar-refractivity contribution < 1.29 is 18.8 Å². The fourth-order valence-electron chi connectivity index (χ4n) is 2.31. The van der Waals surface area contributed by atoms with Crippen molar-refractivity contribution in [2.24, 2.45) is 0 Å². The minimum atomic E-state index is -0.771. The van der Waals surface area contributed by atoms with E-state index in [-0.39, 0.29) is 35.3 Å². The molecule has 130 valence electrons. The summed E-state index contributed by atoms with van der Waals surface area (Å²) in [6, 6.07) is -0.814. The molecule has 2 rings (SSSR count). The molecule has 0 aliphatic carbocycles. The third kappa shape index (κ3) is 3.29. The summed E-state index contributed by atoms with van der Waals surface area (Å²) in [5, 5.41) is 6.24. The van der Waals surface area contributed by atoms with Crippen molar-refractivity contribution in [2.75, 3.05) is 6.61 Å². The van der Waals surface area contributed by atoms with E-state index in [9.17, 15) is 14.4 Å². The summed E-state index contributed by atoms with van der Waals surface area (Å²) in [4.78, 5) is 40.9. The number of amides is 1. The molecule has 0 fully saturated rings. The van der Waals surface area contributed by atoms with Gasteiger partial charge in [0.25, 0.3) is 11.3 Å². The Morgan fingerprint density at radius 2 is 2.08 bits per heavy atom. The predicted octanol–water partition coefficient (Wildman–Crippen LogP) is 1.04. The average molecular weight is 336 g/mol. The van der Waals surface area contributed by atoms with Crippen LogP contribution in [0.4, 0.5) is 0 Å². The first-order chi connectivity index (χ1) is 11.4. The van der Waals surface area contributed by atoms with Crippen molar-refractivity contribution in [3.05, 3.63) is 22.4 Å². The lowest BCUT2D eigenvalue weighted by atomic mass is 10.2. The lowest BCUT2D eigenvalue weighted by Gasteiger charge is -2.18. The van der Waals surface area contributed by atoms with Gasteiger partial charge >= 0.3 is 5.97 Å². The van der Waals surface area contributed by atoms with Gasteiger partial charge in [-0.3, -0.25) is 14.2 Å². The van der Waals surface area contributed by atoms with Gasteiger partial charge in [-0.05, 0) is 27.2 Å². The van der Waals surface area contributed by atoms with Gasteiger partial charge in [0, 0.05) is 6.04 Å². The Labute approximate surface area is 138 Å². The molecule has 1 amide bonds. The number of hydrogen-bond acceptors (Lipinski definition) is 7. The number of carbonyl (C=O) groups excluding carboxylic acids is 2. The standard InChI is InChI=1S/C15H20N4O5/c1-5-9(12(20)17-8(3)4)19-7-16-13-10(14(19)21)11(18-24-13)15(22)23-6-2/h7-9H,5-6H2,1-4H3,(H,17,20)/t9-/m0/s1. The second kappa shape index (κ2) is 7.24. The minimum absolute atomic E-state index is 0.0652. The smallest absolute Gasteiger partial charge is 0.361 e. The van der Waals surface area contributed by atoms with Crippen molar-refractivity contribution in [1.29, 1.82) is 0 Å². The van der Waals surface area contributed by atoms with E-state index in [1.165, 1.54) is 10.9 Å². The first-order valence-electron chi connectivity index (χ1n) is 7.74. The lowest BCUT2D eigenvalue weighted by molar-refractivity contribution is -0.125. The Kier molecular flexibility index (Phi) is 5.32. The minimum Gasteiger partial charge on any atom is -0.461 e. The number of fused-ring (bicyclic) bond motifs is 1. The zero-order chi connectivity index (χ0) is 17.9. The van der Waals surface area contributed by atoms with E-state index in [0.717, 1.165) is 0 Å². The molecule has 0 spiro atoms. The molecular weight excluding hydrogens is 316 g/mol. The summed E-state index contributed by atoms with van der Waals surface area (Å²) in [5.41, 5.74) is -0.883. The summed E-state index contributed by atoms with van der Waals surface area (Å²) in [5.74, 6) is -1.07. The highest BCUT2D eigenvalue weighted by Gasteiger charge is 2.26. The zero-order valence-corrected chi connectivity index (χ0v) is 14.0. The van der Waals surface area contributed by atoms with Crippen molar-refractivity contribution in [3.8, 4) is 0 Å². The van der Waals surface area contributed by atoms with Crippen LogP contribution in [0.3, 0.4) is 0 Å². The third-order valence-corrected chi connectivity index (χ3v) is 3.35.